The van der Waals surface area contributed by atoms with E-state index in [1.54, 1.807) is 36.5 Å². The van der Waals surface area contributed by atoms with Crippen molar-refractivity contribution in [2.75, 3.05) is 13.1 Å². The summed E-state index contributed by atoms with van der Waals surface area (Å²) in [5.41, 5.74) is 1.28. The number of nitrogens with one attached hydrogen (secondary N) is 1. The molecule has 4 aromatic rings. The Morgan fingerprint density at radius 3 is 2.93 bits per heavy atom. The lowest BCUT2D eigenvalue weighted by atomic mass is 10.0. The first kappa shape index (κ1) is 18.4. The fraction of sp³-hybridized carbons (Fsp3) is 0.238. The number of hydrogen-bond acceptors (Lipinski definition) is 5. The number of aromatic amines is 1. The number of carbonyl (C=O) groups is 1. The summed E-state index contributed by atoms with van der Waals surface area (Å²) >= 11 is 0. The maximum Gasteiger partial charge on any atom is 0.287 e. The minimum atomic E-state index is -3.08. The average Bonchev–Trinajstić information content (AvgIpc) is 3.19. The van der Waals surface area contributed by atoms with Crippen LogP contribution in [0.15, 0.2) is 54.7 Å². The van der Waals surface area contributed by atoms with Gasteiger partial charge in [-0.05, 0) is 24.3 Å². The second-order valence-corrected chi connectivity index (χ2v) is 7.18. The molecule has 152 valence electrons. The number of carbonyl (C=O) groups excluding carboxylic acids is 1. The summed E-state index contributed by atoms with van der Waals surface area (Å²) in [7, 11) is 0. The lowest BCUT2D eigenvalue weighted by Gasteiger charge is -2.37. The van der Waals surface area contributed by atoms with Gasteiger partial charge in [-0.2, -0.15) is 5.10 Å². The minimum absolute atomic E-state index is 0.0857. The number of alkyl halides is 2. The van der Waals surface area contributed by atoms with Gasteiger partial charge in [0, 0.05) is 30.6 Å². The molecule has 0 aliphatic carbocycles. The summed E-state index contributed by atoms with van der Waals surface area (Å²) in [4.78, 5) is 22.7. The maximum atomic E-state index is 14.6. The van der Waals surface area contributed by atoms with Crippen LogP contribution in [0.2, 0.25) is 0 Å². The van der Waals surface area contributed by atoms with Crippen LogP contribution in [0, 0.1) is 0 Å². The number of likely N-dealkylation sites (tertiary alicyclic amines) is 1. The lowest BCUT2D eigenvalue weighted by molar-refractivity contribution is -0.131. The second-order valence-electron chi connectivity index (χ2n) is 7.18. The molecule has 1 saturated heterocycles. The molecule has 1 aromatic carbocycles. The topological polar surface area (TPSA) is 84.0 Å². The molecule has 30 heavy (non-hydrogen) atoms. The molecule has 1 aliphatic heterocycles. The Bertz CT molecular complexity index is 1240. The van der Waals surface area contributed by atoms with Crippen LogP contribution in [-0.2, 0) is 0 Å². The largest absolute Gasteiger partial charge is 0.466 e. The van der Waals surface area contributed by atoms with Crippen molar-refractivity contribution in [1.82, 2.24) is 25.1 Å². The maximum absolute atomic E-state index is 14.6. The van der Waals surface area contributed by atoms with E-state index in [0.717, 1.165) is 5.39 Å². The zero-order chi connectivity index (χ0) is 20.7. The number of H-pyrrole nitrogens is 1. The molecule has 7 nitrogen and oxygen atoms in total. The monoisotopic (exact) mass is 409 g/mol. The van der Waals surface area contributed by atoms with Crippen LogP contribution in [0.5, 0.6) is 5.88 Å². The van der Waals surface area contributed by atoms with Crippen molar-refractivity contribution in [2.45, 2.75) is 18.4 Å². The van der Waals surface area contributed by atoms with Gasteiger partial charge in [0.05, 0.1) is 17.4 Å². The van der Waals surface area contributed by atoms with Crippen molar-refractivity contribution in [1.29, 1.82) is 0 Å². The number of para-hydroxylation sites is 1. The van der Waals surface area contributed by atoms with E-state index in [0.29, 0.717) is 16.6 Å². The number of nitrogens with zero attached hydrogens (tertiary/aromatic N) is 4. The Kier molecular flexibility index (Phi) is 4.30. The third kappa shape index (κ3) is 3.22. The molecule has 1 atom stereocenters. The van der Waals surface area contributed by atoms with Crippen molar-refractivity contribution in [3.63, 3.8) is 0 Å². The van der Waals surface area contributed by atoms with Gasteiger partial charge in [-0.15, -0.1) is 0 Å². The fourth-order valence-electron chi connectivity index (χ4n) is 3.61. The summed E-state index contributed by atoms with van der Waals surface area (Å²) in [6.45, 7) is -0.348. The molecule has 0 radical (unpaired) electrons. The van der Waals surface area contributed by atoms with E-state index < -0.39 is 24.4 Å². The van der Waals surface area contributed by atoms with Crippen LogP contribution < -0.4 is 4.74 Å². The number of rotatable bonds is 3. The number of benzene rings is 1. The molecule has 0 spiro atoms. The predicted molar refractivity (Wildman–Crippen MR) is 106 cm³/mol. The average molecular weight is 409 g/mol. The van der Waals surface area contributed by atoms with Crippen LogP contribution in [0.3, 0.4) is 0 Å². The molecule has 9 heteroatoms. The number of piperidine rings is 1. The molecule has 5 rings (SSSR count). The van der Waals surface area contributed by atoms with Gasteiger partial charge >= 0.3 is 0 Å². The van der Waals surface area contributed by atoms with Gasteiger partial charge < -0.3 is 9.64 Å². The van der Waals surface area contributed by atoms with Crippen LogP contribution >= 0.6 is 0 Å². The van der Waals surface area contributed by atoms with E-state index >= 15 is 0 Å². The van der Waals surface area contributed by atoms with Crippen molar-refractivity contribution in [3.8, 4) is 5.88 Å². The number of amides is 1. The first-order chi connectivity index (χ1) is 14.5. The first-order valence-electron chi connectivity index (χ1n) is 9.50. The number of hydrogen-bond donors (Lipinski definition) is 1. The minimum Gasteiger partial charge on any atom is -0.466 e. The van der Waals surface area contributed by atoms with Gasteiger partial charge in [0.15, 0.2) is 11.8 Å². The third-order valence-electron chi connectivity index (χ3n) is 5.24. The van der Waals surface area contributed by atoms with Crippen molar-refractivity contribution >= 4 is 27.8 Å². The Labute approximate surface area is 169 Å². The van der Waals surface area contributed by atoms with Gasteiger partial charge in [0.1, 0.15) is 5.69 Å². The summed E-state index contributed by atoms with van der Waals surface area (Å²) in [5, 5.41) is 8.11. The highest BCUT2D eigenvalue weighted by atomic mass is 19.3. The second kappa shape index (κ2) is 7.01. The molecule has 4 heterocycles. The quantitative estimate of drug-likeness (QED) is 0.560. The highest BCUT2D eigenvalue weighted by Crippen LogP contribution is 2.32. The van der Waals surface area contributed by atoms with Crippen molar-refractivity contribution in [2.24, 2.45) is 0 Å². The number of ether oxygens (including phenoxy) is 1. The van der Waals surface area contributed by atoms with E-state index in [2.05, 4.69) is 20.2 Å². The summed E-state index contributed by atoms with van der Waals surface area (Å²) in [6.07, 6.45) is -0.433. The molecular weight excluding hydrogens is 392 g/mol. The standard InChI is InChI=1S/C21H17F2N5O2/c22-21(23)9-11-28(20(29)18-14-5-3-10-24-19(14)27-26-18)12-16(21)30-17-8-7-13-4-1-2-6-15(13)25-17/h1-8,10,16H,9,11-12H2,(H,24,26,27). The van der Waals surface area contributed by atoms with E-state index in [1.807, 2.05) is 18.2 Å². The molecular formula is C21H17F2N5O2. The number of fused-ring (bicyclic) bond motifs is 2. The van der Waals surface area contributed by atoms with Gasteiger partial charge in [0.2, 0.25) is 5.88 Å². The van der Waals surface area contributed by atoms with Crippen LogP contribution in [0.1, 0.15) is 16.9 Å². The summed E-state index contributed by atoms with van der Waals surface area (Å²) < 4.78 is 34.7. The number of pyridine rings is 2. The van der Waals surface area contributed by atoms with E-state index in [-0.39, 0.29) is 24.7 Å². The van der Waals surface area contributed by atoms with Crippen LogP contribution in [0.25, 0.3) is 21.9 Å². The Morgan fingerprint density at radius 1 is 1.17 bits per heavy atom. The summed E-state index contributed by atoms with van der Waals surface area (Å²) in [5.74, 6) is -3.40. The van der Waals surface area contributed by atoms with Gasteiger partial charge in [-0.25, -0.2) is 18.7 Å². The predicted octanol–water partition coefficient (Wildman–Crippen LogP) is 3.43. The first-order valence-corrected chi connectivity index (χ1v) is 9.50. The smallest absolute Gasteiger partial charge is 0.287 e. The zero-order valence-electron chi connectivity index (χ0n) is 15.8. The van der Waals surface area contributed by atoms with Crippen LogP contribution in [0.4, 0.5) is 8.78 Å². The lowest BCUT2D eigenvalue weighted by Crippen LogP contribution is -2.55. The van der Waals surface area contributed by atoms with E-state index in [9.17, 15) is 13.6 Å². The van der Waals surface area contributed by atoms with Crippen molar-refractivity contribution in [3.05, 3.63) is 60.4 Å². The molecule has 0 saturated carbocycles. The normalized spacial score (nSPS) is 18.6. The molecule has 1 amide bonds. The molecule has 1 unspecified atom stereocenters. The van der Waals surface area contributed by atoms with Gasteiger partial charge in [0.25, 0.3) is 11.8 Å². The Morgan fingerprint density at radius 2 is 2.03 bits per heavy atom. The SMILES string of the molecule is O=C(c1[nH]nc2ncccc12)N1CCC(F)(F)C(Oc2ccc3ccccc3n2)C1. The Balaban J connectivity index is 1.39. The molecule has 1 aliphatic rings. The summed E-state index contributed by atoms with van der Waals surface area (Å²) in [6, 6.07) is 14.1. The van der Waals surface area contributed by atoms with E-state index in [1.165, 1.54) is 4.90 Å². The highest BCUT2D eigenvalue weighted by Gasteiger charge is 2.47. The van der Waals surface area contributed by atoms with E-state index in [4.69, 9.17) is 4.74 Å². The molecule has 1 fully saturated rings. The van der Waals surface area contributed by atoms with Crippen molar-refractivity contribution < 1.29 is 18.3 Å². The van der Waals surface area contributed by atoms with Gasteiger partial charge in [-0.3, -0.25) is 9.89 Å². The van der Waals surface area contributed by atoms with Gasteiger partial charge in [-0.1, -0.05) is 18.2 Å². The highest BCUT2D eigenvalue weighted by molar-refractivity contribution is 6.03. The number of halogens is 2. The molecule has 3 aromatic heterocycles. The molecule has 1 N–H and O–H groups in total. The van der Waals surface area contributed by atoms with Crippen LogP contribution in [-0.4, -0.2) is 56.1 Å². The third-order valence-corrected chi connectivity index (χ3v) is 5.24. The fourth-order valence-corrected chi connectivity index (χ4v) is 3.61. The number of aromatic nitrogens is 4. The molecule has 0 bridgehead atoms. The zero-order valence-corrected chi connectivity index (χ0v) is 15.8. The Hall–Kier alpha value is -3.62.